The fourth-order valence-electron chi connectivity index (χ4n) is 5.00. The van der Waals surface area contributed by atoms with E-state index in [2.05, 4.69) is 25.3 Å². The second-order valence-electron chi connectivity index (χ2n) is 10.7. The molecule has 0 aliphatic rings. The molecule has 0 unspecified atom stereocenters. The average molecular weight is 461 g/mol. The molecule has 196 valence electrons. The van der Waals surface area contributed by atoms with Crippen LogP contribution in [0.3, 0.4) is 0 Å². The molecule has 0 amide bonds. The van der Waals surface area contributed by atoms with E-state index in [0.29, 0.717) is 0 Å². The Morgan fingerprint density at radius 2 is 0.333 bits per heavy atom. The maximum absolute atomic E-state index is 3.80. The van der Waals surface area contributed by atoms with Gasteiger partial charge in [-0.2, -0.15) is 0 Å². The molecule has 0 saturated carbocycles. The van der Waals surface area contributed by atoms with E-state index >= 15 is 0 Å². The minimum absolute atomic E-state index is 1.21. The Hall–Kier alpha value is -0.520. The lowest BCUT2D eigenvalue weighted by atomic mass is 10.0. The highest BCUT2D eigenvalue weighted by atomic mass is 14.0. The van der Waals surface area contributed by atoms with Gasteiger partial charge in [-0.3, -0.25) is 0 Å². The first-order valence-corrected chi connectivity index (χ1v) is 15.6. The third kappa shape index (κ3) is 31.5. The summed E-state index contributed by atoms with van der Waals surface area (Å²) in [6.45, 7) is 7.59. The number of allylic oxidation sites excluding steroid dienone is 2. The summed E-state index contributed by atoms with van der Waals surface area (Å²) in [7, 11) is 0. The highest BCUT2D eigenvalue weighted by molar-refractivity contribution is 4.66. The average Bonchev–Trinajstić information content (AvgIpc) is 2.83. The molecule has 0 aliphatic carbocycles. The Balaban J connectivity index is 3.00. The molecule has 0 saturated heterocycles. The summed E-state index contributed by atoms with van der Waals surface area (Å²) in [4.78, 5) is 0. The predicted octanol–water partition coefficient (Wildman–Crippen LogP) is 12.7. The molecule has 0 spiro atoms. The van der Waals surface area contributed by atoms with Gasteiger partial charge in [-0.05, 0) is 25.7 Å². The number of hydrogen-bond acceptors (Lipinski definition) is 0. The second-order valence-corrected chi connectivity index (χ2v) is 10.7. The largest absolute Gasteiger partial charge is 0.103 e. The molecular weight excluding hydrogens is 396 g/mol. The first kappa shape index (κ1) is 32.5. The van der Waals surface area contributed by atoms with Crippen LogP contribution >= 0.6 is 0 Å². The van der Waals surface area contributed by atoms with Crippen molar-refractivity contribution in [2.45, 2.75) is 186 Å². The molecule has 0 aromatic carbocycles. The number of unbranched alkanes of at least 4 members (excludes halogenated alkanes) is 28. The van der Waals surface area contributed by atoms with Gasteiger partial charge in [-0.1, -0.05) is 173 Å². The van der Waals surface area contributed by atoms with Crippen LogP contribution in [0, 0.1) is 0 Å². The lowest BCUT2D eigenvalue weighted by molar-refractivity contribution is 0.514. The molecule has 0 rings (SSSR count). The Kier molecular flexibility index (Phi) is 31.0. The summed E-state index contributed by atoms with van der Waals surface area (Å²) >= 11 is 0. The second kappa shape index (κ2) is 31.5. The van der Waals surface area contributed by atoms with Crippen LogP contribution in [0.2, 0.25) is 0 Å². The lowest BCUT2D eigenvalue weighted by Crippen LogP contribution is -1.85. The van der Waals surface area contributed by atoms with Gasteiger partial charge in [0.15, 0.2) is 0 Å². The van der Waals surface area contributed by atoms with Crippen LogP contribution in [0.5, 0.6) is 0 Å². The van der Waals surface area contributed by atoms with Crippen molar-refractivity contribution < 1.29 is 0 Å². The van der Waals surface area contributed by atoms with Gasteiger partial charge in [0.05, 0.1) is 0 Å². The molecule has 0 aromatic rings. The first-order chi connectivity index (χ1) is 16.4. The summed E-state index contributed by atoms with van der Waals surface area (Å²) in [5.74, 6) is 0. The molecule has 0 N–H and O–H groups in total. The Morgan fingerprint density at radius 3 is 0.455 bits per heavy atom. The molecule has 0 heteroatoms. The summed E-state index contributed by atoms with van der Waals surface area (Å²) in [6.07, 6.45) is 45.9. The van der Waals surface area contributed by atoms with E-state index in [9.17, 15) is 0 Å². The van der Waals surface area contributed by atoms with Crippen molar-refractivity contribution in [3.63, 3.8) is 0 Å². The smallest absolute Gasteiger partial charge is 0.0353 e. The standard InChI is InChI=1S/C33H64/c1-3-5-7-9-11-13-15-17-19-21-23-25-27-29-31-33-32-30-28-26-24-22-20-18-16-14-12-10-8-6-4-2/h3-4H,1-2,5-33H2. The van der Waals surface area contributed by atoms with E-state index < -0.39 is 0 Å². The molecule has 0 aromatic heterocycles. The van der Waals surface area contributed by atoms with Gasteiger partial charge in [-0.25, -0.2) is 0 Å². The van der Waals surface area contributed by atoms with Crippen LogP contribution in [0.25, 0.3) is 0 Å². The summed E-state index contributed by atoms with van der Waals surface area (Å²) in [5.41, 5.74) is 0. The number of hydrogen-bond donors (Lipinski definition) is 0. The van der Waals surface area contributed by atoms with Crippen molar-refractivity contribution in [1.29, 1.82) is 0 Å². The molecule has 0 nitrogen and oxygen atoms in total. The topological polar surface area (TPSA) is 0 Å². The quantitative estimate of drug-likeness (QED) is 0.0738. The van der Waals surface area contributed by atoms with Gasteiger partial charge in [0, 0.05) is 0 Å². The van der Waals surface area contributed by atoms with Crippen LogP contribution < -0.4 is 0 Å². The monoisotopic (exact) mass is 461 g/mol. The van der Waals surface area contributed by atoms with Crippen LogP contribution in [-0.4, -0.2) is 0 Å². The van der Waals surface area contributed by atoms with Crippen LogP contribution in [0.15, 0.2) is 25.3 Å². The minimum Gasteiger partial charge on any atom is -0.103 e. The molecular formula is C33H64. The third-order valence-corrected chi connectivity index (χ3v) is 7.32. The van der Waals surface area contributed by atoms with Gasteiger partial charge in [0.1, 0.15) is 0 Å². The highest BCUT2D eigenvalue weighted by Gasteiger charge is 1.96. The van der Waals surface area contributed by atoms with Gasteiger partial charge >= 0.3 is 0 Å². The molecule has 33 heavy (non-hydrogen) atoms. The van der Waals surface area contributed by atoms with Gasteiger partial charge in [0.2, 0.25) is 0 Å². The van der Waals surface area contributed by atoms with E-state index in [0.717, 1.165) is 0 Å². The molecule has 0 radical (unpaired) electrons. The predicted molar refractivity (Wildman–Crippen MR) is 154 cm³/mol. The molecule has 0 atom stereocenters. The van der Waals surface area contributed by atoms with Gasteiger partial charge in [-0.15, -0.1) is 13.2 Å². The zero-order valence-corrected chi connectivity index (χ0v) is 23.1. The van der Waals surface area contributed by atoms with Crippen molar-refractivity contribution in [3.8, 4) is 0 Å². The van der Waals surface area contributed by atoms with Gasteiger partial charge < -0.3 is 0 Å². The Labute approximate surface area is 211 Å². The first-order valence-electron chi connectivity index (χ1n) is 15.6. The summed E-state index contributed by atoms with van der Waals surface area (Å²) < 4.78 is 0. The van der Waals surface area contributed by atoms with Crippen LogP contribution in [-0.2, 0) is 0 Å². The maximum atomic E-state index is 3.80. The summed E-state index contributed by atoms with van der Waals surface area (Å²) in [5, 5.41) is 0. The van der Waals surface area contributed by atoms with Crippen molar-refractivity contribution >= 4 is 0 Å². The van der Waals surface area contributed by atoms with E-state index in [-0.39, 0.29) is 0 Å². The van der Waals surface area contributed by atoms with E-state index in [4.69, 9.17) is 0 Å². The van der Waals surface area contributed by atoms with Crippen molar-refractivity contribution in [3.05, 3.63) is 25.3 Å². The lowest BCUT2D eigenvalue weighted by Gasteiger charge is -2.04. The van der Waals surface area contributed by atoms with E-state index in [1.165, 1.54) is 186 Å². The Bertz CT molecular complexity index is 321. The Morgan fingerprint density at radius 1 is 0.212 bits per heavy atom. The van der Waals surface area contributed by atoms with Crippen LogP contribution in [0.4, 0.5) is 0 Å². The van der Waals surface area contributed by atoms with E-state index in [1.807, 2.05) is 0 Å². The van der Waals surface area contributed by atoms with Crippen molar-refractivity contribution in [2.75, 3.05) is 0 Å². The minimum atomic E-state index is 1.21. The SMILES string of the molecule is C=CCCCCCCCCCCCCCCCCCCCCCCCCCCCCCC=C. The molecule has 0 heterocycles. The van der Waals surface area contributed by atoms with E-state index in [1.54, 1.807) is 0 Å². The zero-order valence-electron chi connectivity index (χ0n) is 23.1. The molecule has 0 fully saturated rings. The highest BCUT2D eigenvalue weighted by Crippen LogP contribution is 2.16. The third-order valence-electron chi connectivity index (χ3n) is 7.32. The molecule has 0 aliphatic heterocycles. The van der Waals surface area contributed by atoms with Crippen LogP contribution in [0.1, 0.15) is 186 Å². The van der Waals surface area contributed by atoms with Crippen molar-refractivity contribution in [1.82, 2.24) is 0 Å². The normalized spacial score (nSPS) is 11.2. The fraction of sp³-hybridized carbons (Fsp3) is 0.879. The summed E-state index contributed by atoms with van der Waals surface area (Å²) in [6, 6.07) is 0. The maximum Gasteiger partial charge on any atom is -0.0353 e. The zero-order chi connectivity index (χ0) is 23.9. The van der Waals surface area contributed by atoms with Gasteiger partial charge in [0.25, 0.3) is 0 Å². The fourth-order valence-corrected chi connectivity index (χ4v) is 5.00. The molecule has 0 bridgehead atoms. The van der Waals surface area contributed by atoms with Crippen molar-refractivity contribution in [2.24, 2.45) is 0 Å². The number of rotatable bonds is 30.